The molecule has 1 fully saturated rings. The highest BCUT2D eigenvalue weighted by atomic mass is 16.2. The number of nitrogens with one attached hydrogen (secondary N) is 1. The molecule has 64 valence electrons. The molecule has 1 saturated heterocycles. The maximum Gasteiger partial charge on any atom is 0.227 e. The van der Waals surface area contributed by atoms with Crippen molar-refractivity contribution >= 4 is 5.91 Å². The highest BCUT2D eigenvalue weighted by Gasteiger charge is 2.43. The van der Waals surface area contributed by atoms with Crippen LogP contribution in [0.2, 0.25) is 0 Å². The summed E-state index contributed by atoms with van der Waals surface area (Å²) in [5.74, 6) is 0.477. The van der Waals surface area contributed by atoms with E-state index in [1.54, 1.807) is 0 Å². The molecule has 1 unspecified atom stereocenters. The summed E-state index contributed by atoms with van der Waals surface area (Å²) in [4.78, 5) is 11.4. The van der Waals surface area contributed by atoms with Crippen LogP contribution in [-0.4, -0.2) is 19.0 Å². The zero-order valence-electron chi connectivity index (χ0n) is 7.18. The van der Waals surface area contributed by atoms with Gasteiger partial charge in [-0.1, -0.05) is 13.8 Å². The second kappa shape index (κ2) is 2.81. The van der Waals surface area contributed by atoms with Crippen LogP contribution in [0.5, 0.6) is 0 Å². The Kier molecular flexibility index (Phi) is 2.18. The topological polar surface area (TPSA) is 55.1 Å². The van der Waals surface area contributed by atoms with Crippen LogP contribution < -0.4 is 11.1 Å². The standard InChI is InChI=1S/C8H16N2O/c1-6(2)8(5-9)3-4-10-7(8)11/h6H,3-5,9H2,1-2H3,(H,10,11). The molecular formula is C8H16N2O. The molecule has 3 N–H and O–H groups in total. The Morgan fingerprint density at radius 2 is 2.36 bits per heavy atom. The number of hydrogen-bond donors (Lipinski definition) is 2. The van der Waals surface area contributed by atoms with Crippen molar-refractivity contribution in [3.8, 4) is 0 Å². The lowest BCUT2D eigenvalue weighted by Gasteiger charge is -2.28. The van der Waals surface area contributed by atoms with Gasteiger partial charge in [0.2, 0.25) is 5.91 Å². The fourth-order valence-corrected chi connectivity index (χ4v) is 1.67. The maximum absolute atomic E-state index is 11.4. The van der Waals surface area contributed by atoms with Gasteiger partial charge in [-0.15, -0.1) is 0 Å². The average Bonchev–Trinajstić information content (AvgIpc) is 2.32. The van der Waals surface area contributed by atoms with Crippen molar-refractivity contribution < 1.29 is 4.79 Å². The predicted molar refractivity (Wildman–Crippen MR) is 44.0 cm³/mol. The summed E-state index contributed by atoms with van der Waals surface area (Å²) in [6.45, 7) is 5.36. The van der Waals surface area contributed by atoms with Crippen molar-refractivity contribution in [1.29, 1.82) is 0 Å². The molecule has 0 spiro atoms. The fraction of sp³-hybridized carbons (Fsp3) is 0.875. The van der Waals surface area contributed by atoms with E-state index in [0.717, 1.165) is 13.0 Å². The van der Waals surface area contributed by atoms with E-state index in [2.05, 4.69) is 19.2 Å². The molecule has 0 saturated carbocycles. The highest BCUT2D eigenvalue weighted by molar-refractivity contribution is 5.85. The van der Waals surface area contributed by atoms with E-state index >= 15 is 0 Å². The number of hydrogen-bond acceptors (Lipinski definition) is 2. The van der Waals surface area contributed by atoms with E-state index in [4.69, 9.17) is 5.73 Å². The molecule has 1 aliphatic rings. The zero-order valence-corrected chi connectivity index (χ0v) is 7.18. The predicted octanol–water partition coefficient (Wildman–Crippen LogP) is 0.107. The maximum atomic E-state index is 11.4. The molecule has 0 aromatic rings. The van der Waals surface area contributed by atoms with Crippen LogP contribution in [0.4, 0.5) is 0 Å². The molecule has 1 amide bonds. The minimum absolute atomic E-state index is 0.134. The van der Waals surface area contributed by atoms with Crippen molar-refractivity contribution in [2.24, 2.45) is 17.1 Å². The highest BCUT2D eigenvalue weighted by Crippen LogP contribution is 2.33. The Morgan fingerprint density at radius 1 is 1.73 bits per heavy atom. The van der Waals surface area contributed by atoms with E-state index < -0.39 is 0 Å². The first-order valence-electron chi connectivity index (χ1n) is 4.12. The van der Waals surface area contributed by atoms with Crippen LogP contribution in [0.3, 0.4) is 0 Å². The molecule has 11 heavy (non-hydrogen) atoms. The van der Waals surface area contributed by atoms with Gasteiger partial charge in [0, 0.05) is 13.1 Å². The van der Waals surface area contributed by atoms with Crippen molar-refractivity contribution in [2.45, 2.75) is 20.3 Å². The molecule has 3 nitrogen and oxygen atoms in total. The Morgan fingerprint density at radius 3 is 2.55 bits per heavy atom. The molecule has 1 heterocycles. The Balaban J connectivity index is 2.82. The smallest absolute Gasteiger partial charge is 0.227 e. The average molecular weight is 156 g/mol. The number of amides is 1. The molecule has 0 radical (unpaired) electrons. The van der Waals surface area contributed by atoms with E-state index in [-0.39, 0.29) is 11.3 Å². The molecule has 1 aliphatic heterocycles. The van der Waals surface area contributed by atoms with E-state index in [1.807, 2.05) is 0 Å². The first kappa shape index (κ1) is 8.53. The van der Waals surface area contributed by atoms with E-state index in [1.165, 1.54) is 0 Å². The normalized spacial score (nSPS) is 31.1. The third kappa shape index (κ3) is 1.13. The number of carbonyl (C=O) groups is 1. The van der Waals surface area contributed by atoms with Crippen LogP contribution in [0.15, 0.2) is 0 Å². The van der Waals surface area contributed by atoms with Crippen molar-refractivity contribution in [1.82, 2.24) is 5.32 Å². The summed E-state index contributed by atoms with van der Waals surface area (Å²) < 4.78 is 0. The largest absolute Gasteiger partial charge is 0.356 e. The van der Waals surface area contributed by atoms with Gasteiger partial charge in [0.25, 0.3) is 0 Å². The molecular weight excluding hydrogens is 140 g/mol. The molecule has 1 atom stereocenters. The summed E-state index contributed by atoms with van der Waals surface area (Å²) in [6, 6.07) is 0. The second-order valence-corrected chi connectivity index (χ2v) is 3.52. The Labute approximate surface area is 67.3 Å². The van der Waals surface area contributed by atoms with Gasteiger partial charge in [-0.2, -0.15) is 0 Å². The molecule has 3 heteroatoms. The first-order valence-corrected chi connectivity index (χ1v) is 4.12. The van der Waals surface area contributed by atoms with Crippen LogP contribution >= 0.6 is 0 Å². The minimum atomic E-state index is -0.278. The minimum Gasteiger partial charge on any atom is -0.356 e. The van der Waals surface area contributed by atoms with Crippen molar-refractivity contribution in [3.05, 3.63) is 0 Å². The van der Waals surface area contributed by atoms with E-state index in [9.17, 15) is 4.79 Å². The summed E-state index contributed by atoms with van der Waals surface area (Å²) in [7, 11) is 0. The first-order chi connectivity index (χ1) is 5.13. The van der Waals surface area contributed by atoms with Crippen LogP contribution in [0.25, 0.3) is 0 Å². The number of nitrogens with two attached hydrogens (primary N) is 1. The van der Waals surface area contributed by atoms with Crippen LogP contribution in [-0.2, 0) is 4.79 Å². The van der Waals surface area contributed by atoms with Gasteiger partial charge >= 0.3 is 0 Å². The van der Waals surface area contributed by atoms with Gasteiger partial charge in [-0.05, 0) is 12.3 Å². The van der Waals surface area contributed by atoms with Crippen molar-refractivity contribution in [3.63, 3.8) is 0 Å². The lowest BCUT2D eigenvalue weighted by atomic mass is 9.76. The van der Waals surface area contributed by atoms with Gasteiger partial charge in [0.15, 0.2) is 0 Å². The van der Waals surface area contributed by atoms with Crippen LogP contribution in [0, 0.1) is 11.3 Å². The quantitative estimate of drug-likeness (QED) is 0.596. The monoisotopic (exact) mass is 156 g/mol. The van der Waals surface area contributed by atoms with Gasteiger partial charge in [-0.3, -0.25) is 4.79 Å². The summed E-state index contributed by atoms with van der Waals surface area (Å²) in [5, 5.41) is 2.82. The lowest BCUT2D eigenvalue weighted by Crippen LogP contribution is -2.42. The summed E-state index contributed by atoms with van der Waals surface area (Å²) in [6.07, 6.45) is 0.889. The third-order valence-electron chi connectivity index (χ3n) is 2.78. The SMILES string of the molecule is CC(C)C1(CN)CCNC1=O. The Bertz CT molecular complexity index is 167. The van der Waals surface area contributed by atoms with Crippen LogP contribution in [0.1, 0.15) is 20.3 Å². The summed E-state index contributed by atoms with van der Waals surface area (Å²) in [5.41, 5.74) is 5.32. The second-order valence-electron chi connectivity index (χ2n) is 3.52. The van der Waals surface area contributed by atoms with E-state index in [0.29, 0.717) is 12.5 Å². The Hall–Kier alpha value is -0.570. The lowest BCUT2D eigenvalue weighted by molar-refractivity contribution is -0.129. The molecule has 1 rings (SSSR count). The van der Waals surface area contributed by atoms with Crippen molar-refractivity contribution in [2.75, 3.05) is 13.1 Å². The molecule has 0 aromatic carbocycles. The van der Waals surface area contributed by atoms with Gasteiger partial charge in [-0.25, -0.2) is 0 Å². The molecule has 0 aliphatic carbocycles. The van der Waals surface area contributed by atoms with Gasteiger partial charge in [0.1, 0.15) is 0 Å². The van der Waals surface area contributed by atoms with Gasteiger partial charge < -0.3 is 11.1 Å². The zero-order chi connectivity index (χ0) is 8.48. The fourth-order valence-electron chi connectivity index (χ4n) is 1.67. The number of carbonyl (C=O) groups excluding carboxylic acids is 1. The summed E-state index contributed by atoms with van der Waals surface area (Å²) >= 11 is 0. The number of rotatable bonds is 2. The third-order valence-corrected chi connectivity index (χ3v) is 2.78. The molecule has 0 aromatic heterocycles. The van der Waals surface area contributed by atoms with Gasteiger partial charge in [0.05, 0.1) is 5.41 Å². The molecule has 0 bridgehead atoms.